The summed E-state index contributed by atoms with van der Waals surface area (Å²) < 4.78 is 11.4. The van der Waals surface area contributed by atoms with Crippen LogP contribution in [0.4, 0.5) is 0 Å². The van der Waals surface area contributed by atoms with Crippen LogP contribution < -0.4 is 0 Å². The fraction of sp³-hybridized carbons (Fsp3) is 1.00. The first-order chi connectivity index (χ1) is 6.10. The zero-order valence-electron chi connectivity index (χ0n) is 10.8. The van der Waals surface area contributed by atoms with E-state index in [1.165, 1.54) is 0 Å². The molecule has 0 spiro atoms. The van der Waals surface area contributed by atoms with E-state index in [0.717, 1.165) is 13.0 Å². The molecule has 0 fully saturated rings. The fourth-order valence-corrected chi connectivity index (χ4v) is 1.19. The minimum Gasteiger partial charge on any atom is -0.376 e. The van der Waals surface area contributed by atoms with Crippen molar-refractivity contribution in [3.63, 3.8) is 0 Å². The third kappa shape index (κ3) is 10.0. The number of rotatable bonds is 4. The Kier molecular flexibility index (Phi) is 5.10. The van der Waals surface area contributed by atoms with Gasteiger partial charge < -0.3 is 9.47 Å². The zero-order valence-corrected chi connectivity index (χ0v) is 10.8. The zero-order chi connectivity index (χ0) is 11.4. The molecule has 2 heteroatoms. The molecule has 0 aliphatic carbocycles. The minimum atomic E-state index is -0.0544. The van der Waals surface area contributed by atoms with Crippen LogP contribution in [0, 0.1) is 0 Å². The molecule has 0 heterocycles. The van der Waals surface area contributed by atoms with E-state index in [1.807, 2.05) is 0 Å². The van der Waals surface area contributed by atoms with Crippen LogP contribution in [-0.2, 0) is 9.47 Å². The van der Waals surface area contributed by atoms with Gasteiger partial charge in [-0.25, -0.2) is 0 Å². The number of hydrogen-bond acceptors (Lipinski definition) is 2. The topological polar surface area (TPSA) is 18.5 Å². The third-order valence-electron chi connectivity index (χ3n) is 1.61. The van der Waals surface area contributed by atoms with E-state index in [4.69, 9.17) is 9.47 Å². The quantitative estimate of drug-likeness (QED) is 0.695. The van der Waals surface area contributed by atoms with Crippen molar-refractivity contribution in [2.45, 2.75) is 72.2 Å². The number of hydrogen-bond donors (Lipinski definition) is 0. The summed E-state index contributed by atoms with van der Waals surface area (Å²) in [6.45, 7) is 15.3. The van der Waals surface area contributed by atoms with Crippen molar-refractivity contribution >= 4 is 0 Å². The van der Waals surface area contributed by atoms with Gasteiger partial charge in [0.1, 0.15) is 0 Å². The Morgan fingerprint density at radius 3 is 1.79 bits per heavy atom. The molecule has 0 amide bonds. The summed E-state index contributed by atoms with van der Waals surface area (Å²) in [5.41, 5.74) is -0.0946. The van der Waals surface area contributed by atoms with Gasteiger partial charge in [0.2, 0.25) is 0 Å². The van der Waals surface area contributed by atoms with E-state index in [2.05, 4.69) is 48.5 Å². The Labute approximate surface area is 89.0 Å². The average molecular weight is 202 g/mol. The Bertz CT molecular complexity index is 151. The van der Waals surface area contributed by atoms with Crippen LogP contribution >= 0.6 is 0 Å². The van der Waals surface area contributed by atoms with Crippen molar-refractivity contribution in [3.8, 4) is 0 Å². The fourth-order valence-electron chi connectivity index (χ4n) is 1.19. The van der Waals surface area contributed by atoms with Crippen molar-refractivity contribution in [1.29, 1.82) is 0 Å². The van der Waals surface area contributed by atoms with Gasteiger partial charge in [-0.3, -0.25) is 0 Å². The maximum atomic E-state index is 5.77. The molecule has 1 unspecified atom stereocenters. The van der Waals surface area contributed by atoms with Gasteiger partial charge in [-0.1, -0.05) is 0 Å². The molecule has 14 heavy (non-hydrogen) atoms. The van der Waals surface area contributed by atoms with Crippen LogP contribution in [0.25, 0.3) is 0 Å². The molecule has 0 aromatic rings. The summed E-state index contributed by atoms with van der Waals surface area (Å²) in [5.74, 6) is 0. The van der Waals surface area contributed by atoms with E-state index >= 15 is 0 Å². The van der Waals surface area contributed by atoms with Gasteiger partial charge in [-0.2, -0.15) is 0 Å². The Balaban J connectivity index is 3.60. The predicted octanol–water partition coefficient (Wildman–Crippen LogP) is 3.40. The van der Waals surface area contributed by atoms with Crippen LogP contribution in [0.5, 0.6) is 0 Å². The van der Waals surface area contributed by atoms with Gasteiger partial charge in [0.15, 0.2) is 0 Å². The Hall–Kier alpha value is -0.0800. The molecular weight excluding hydrogens is 176 g/mol. The highest BCUT2D eigenvalue weighted by atomic mass is 16.5. The molecule has 86 valence electrons. The van der Waals surface area contributed by atoms with E-state index < -0.39 is 0 Å². The largest absolute Gasteiger partial charge is 0.376 e. The highest BCUT2D eigenvalue weighted by molar-refractivity contribution is 4.64. The van der Waals surface area contributed by atoms with Crippen LogP contribution in [-0.4, -0.2) is 23.9 Å². The molecule has 0 bridgehead atoms. The summed E-state index contributed by atoms with van der Waals surface area (Å²) in [5, 5.41) is 0. The van der Waals surface area contributed by atoms with Gasteiger partial charge >= 0.3 is 0 Å². The SMILES string of the molecule is CC(CCOC(C)(C)C)OC(C)(C)C. The van der Waals surface area contributed by atoms with Gasteiger partial charge in [-0.15, -0.1) is 0 Å². The molecule has 0 aliphatic rings. The molecule has 0 radical (unpaired) electrons. The monoisotopic (exact) mass is 202 g/mol. The van der Waals surface area contributed by atoms with E-state index in [-0.39, 0.29) is 17.3 Å². The van der Waals surface area contributed by atoms with Crippen molar-refractivity contribution in [1.82, 2.24) is 0 Å². The average Bonchev–Trinajstić information content (AvgIpc) is 1.78. The molecule has 0 saturated carbocycles. The maximum Gasteiger partial charge on any atom is 0.0602 e. The standard InChI is InChI=1S/C12H26O2/c1-10(14-12(5,6)7)8-9-13-11(2,3)4/h10H,8-9H2,1-7H3. The smallest absolute Gasteiger partial charge is 0.0602 e. The first-order valence-electron chi connectivity index (χ1n) is 5.42. The molecule has 0 N–H and O–H groups in total. The highest BCUT2D eigenvalue weighted by Crippen LogP contribution is 2.14. The summed E-state index contributed by atoms with van der Waals surface area (Å²) in [6, 6.07) is 0. The molecule has 2 nitrogen and oxygen atoms in total. The normalized spacial score (nSPS) is 15.6. The van der Waals surface area contributed by atoms with Crippen LogP contribution in [0.15, 0.2) is 0 Å². The minimum absolute atomic E-state index is 0.0402. The second-order valence-corrected chi connectivity index (χ2v) is 5.79. The lowest BCUT2D eigenvalue weighted by Crippen LogP contribution is -2.28. The molecule has 0 aliphatic heterocycles. The van der Waals surface area contributed by atoms with Crippen molar-refractivity contribution in [2.24, 2.45) is 0 Å². The van der Waals surface area contributed by atoms with Crippen molar-refractivity contribution in [3.05, 3.63) is 0 Å². The summed E-state index contributed by atoms with van der Waals surface area (Å²) in [6.07, 6.45) is 1.21. The Morgan fingerprint density at radius 1 is 0.929 bits per heavy atom. The molecule has 0 rings (SSSR count). The van der Waals surface area contributed by atoms with Crippen LogP contribution in [0.2, 0.25) is 0 Å². The van der Waals surface area contributed by atoms with Gasteiger partial charge in [0, 0.05) is 6.61 Å². The summed E-state index contributed by atoms with van der Waals surface area (Å²) >= 11 is 0. The van der Waals surface area contributed by atoms with Crippen molar-refractivity contribution < 1.29 is 9.47 Å². The van der Waals surface area contributed by atoms with Gasteiger partial charge in [-0.05, 0) is 54.9 Å². The predicted molar refractivity (Wildman–Crippen MR) is 60.6 cm³/mol. The van der Waals surface area contributed by atoms with E-state index in [9.17, 15) is 0 Å². The molecule has 1 atom stereocenters. The number of ether oxygens (including phenoxy) is 2. The van der Waals surface area contributed by atoms with Gasteiger partial charge in [0.25, 0.3) is 0 Å². The molecular formula is C12H26O2. The lowest BCUT2D eigenvalue weighted by Gasteiger charge is -2.26. The Morgan fingerprint density at radius 2 is 1.43 bits per heavy atom. The maximum absolute atomic E-state index is 5.77. The van der Waals surface area contributed by atoms with Crippen LogP contribution in [0.3, 0.4) is 0 Å². The van der Waals surface area contributed by atoms with Gasteiger partial charge in [0.05, 0.1) is 17.3 Å². The molecule has 0 aromatic heterocycles. The lowest BCUT2D eigenvalue weighted by molar-refractivity contribution is -0.0761. The van der Waals surface area contributed by atoms with E-state index in [0.29, 0.717) is 0 Å². The second kappa shape index (κ2) is 5.13. The summed E-state index contributed by atoms with van der Waals surface area (Å²) in [7, 11) is 0. The first kappa shape index (κ1) is 13.9. The highest BCUT2D eigenvalue weighted by Gasteiger charge is 2.16. The van der Waals surface area contributed by atoms with E-state index in [1.54, 1.807) is 0 Å². The molecule has 0 aromatic carbocycles. The van der Waals surface area contributed by atoms with Crippen molar-refractivity contribution in [2.75, 3.05) is 6.61 Å². The third-order valence-corrected chi connectivity index (χ3v) is 1.61. The first-order valence-corrected chi connectivity index (χ1v) is 5.42. The second-order valence-electron chi connectivity index (χ2n) is 5.79. The summed E-state index contributed by atoms with van der Waals surface area (Å²) in [4.78, 5) is 0. The lowest BCUT2D eigenvalue weighted by atomic mass is 10.1. The molecule has 0 saturated heterocycles. The van der Waals surface area contributed by atoms with Crippen LogP contribution in [0.1, 0.15) is 54.9 Å².